The maximum atomic E-state index is 3.83. The summed E-state index contributed by atoms with van der Waals surface area (Å²) >= 11 is 1.98. The van der Waals surface area contributed by atoms with E-state index in [4.69, 9.17) is 0 Å². The summed E-state index contributed by atoms with van der Waals surface area (Å²) in [5, 5.41) is 7.60. The fourth-order valence-electron chi connectivity index (χ4n) is 3.62. The Balaban J connectivity index is 1.73. The molecular formula is C16H30N2S. The minimum absolute atomic E-state index is 0.758. The van der Waals surface area contributed by atoms with E-state index in [0.29, 0.717) is 0 Å². The summed E-state index contributed by atoms with van der Waals surface area (Å²) in [6.07, 6.45) is 11.9. The van der Waals surface area contributed by atoms with Crippen molar-refractivity contribution >= 4 is 11.8 Å². The third kappa shape index (κ3) is 5.13. The molecule has 0 aromatic carbocycles. The van der Waals surface area contributed by atoms with Crippen LogP contribution in [0, 0.1) is 5.92 Å². The summed E-state index contributed by atoms with van der Waals surface area (Å²) in [6, 6.07) is 1.54. The van der Waals surface area contributed by atoms with Gasteiger partial charge in [-0.3, -0.25) is 0 Å². The predicted molar refractivity (Wildman–Crippen MR) is 86.9 cm³/mol. The summed E-state index contributed by atoms with van der Waals surface area (Å²) < 4.78 is 0. The molecule has 0 aromatic rings. The van der Waals surface area contributed by atoms with Crippen LogP contribution >= 0.6 is 11.8 Å². The van der Waals surface area contributed by atoms with Crippen molar-refractivity contribution in [1.82, 2.24) is 10.6 Å². The maximum Gasteiger partial charge on any atom is 0.0111 e. The predicted octanol–water partition coefficient (Wildman–Crippen LogP) is 3.20. The molecule has 2 aliphatic rings. The minimum atomic E-state index is 0.758. The van der Waals surface area contributed by atoms with Gasteiger partial charge in [-0.1, -0.05) is 25.3 Å². The largest absolute Gasteiger partial charge is 0.314 e. The van der Waals surface area contributed by atoms with Crippen molar-refractivity contribution in [1.29, 1.82) is 0 Å². The number of hydrogen-bond acceptors (Lipinski definition) is 3. The van der Waals surface area contributed by atoms with Crippen LogP contribution in [0.15, 0.2) is 12.7 Å². The molecule has 1 saturated carbocycles. The van der Waals surface area contributed by atoms with Crippen LogP contribution in [0.25, 0.3) is 0 Å². The van der Waals surface area contributed by atoms with Gasteiger partial charge in [-0.15, -0.1) is 6.58 Å². The monoisotopic (exact) mass is 282 g/mol. The number of hydrogen-bond donors (Lipinski definition) is 2. The van der Waals surface area contributed by atoms with Crippen molar-refractivity contribution in [3.05, 3.63) is 12.7 Å². The van der Waals surface area contributed by atoms with Gasteiger partial charge < -0.3 is 10.6 Å². The lowest BCUT2D eigenvalue weighted by Gasteiger charge is -2.40. The highest BCUT2D eigenvalue weighted by Crippen LogP contribution is 2.30. The lowest BCUT2D eigenvalue weighted by Crippen LogP contribution is -2.50. The van der Waals surface area contributed by atoms with Crippen LogP contribution in [0.5, 0.6) is 0 Å². The van der Waals surface area contributed by atoms with Gasteiger partial charge in [0, 0.05) is 30.1 Å². The lowest BCUT2D eigenvalue weighted by atomic mass is 9.77. The Bertz CT molecular complexity index is 251. The number of thioether (sulfide) groups is 1. The molecule has 2 nitrogen and oxygen atoms in total. The Kier molecular flexibility index (Phi) is 7.33. The first-order valence-electron chi connectivity index (χ1n) is 8.07. The summed E-state index contributed by atoms with van der Waals surface area (Å²) in [4.78, 5) is 0. The molecule has 3 heteroatoms. The smallest absolute Gasteiger partial charge is 0.0111 e. The Labute approximate surface area is 123 Å². The first-order valence-corrected chi connectivity index (χ1v) is 9.22. The second-order valence-corrected chi connectivity index (χ2v) is 7.08. The first kappa shape index (κ1) is 15.4. The van der Waals surface area contributed by atoms with E-state index in [1.54, 1.807) is 0 Å². The van der Waals surface area contributed by atoms with Gasteiger partial charge in [-0.05, 0) is 38.1 Å². The number of rotatable bonds is 7. The average Bonchev–Trinajstić information content (AvgIpc) is 2.48. The van der Waals surface area contributed by atoms with Gasteiger partial charge in [0.2, 0.25) is 0 Å². The average molecular weight is 282 g/mol. The van der Waals surface area contributed by atoms with E-state index >= 15 is 0 Å². The van der Waals surface area contributed by atoms with Crippen molar-refractivity contribution in [2.45, 2.75) is 57.0 Å². The molecular weight excluding hydrogens is 252 g/mol. The van der Waals surface area contributed by atoms with Gasteiger partial charge in [0.15, 0.2) is 0 Å². The van der Waals surface area contributed by atoms with Crippen molar-refractivity contribution in [2.24, 2.45) is 5.92 Å². The van der Waals surface area contributed by atoms with E-state index in [1.165, 1.54) is 57.2 Å². The normalized spacial score (nSPS) is 32.1. The highest BCUT2D eigenvalue weighted by atomic mass is 32.2. The summed E-state index contributed by atoms with van der Waals surface area (Å²) in [5.74, 6) is 3.17. The molecule has 1 saturated heterocycles. The zero-order chi connectivity index (χ0) is 13.3. The zero-order valence-corrected chi connectivity index (χ0v) is 13.0. The number of piperidine rings is 1. The quantitative estimate of drug-likeness (QED) is 0.554. The second-order valence-electron chi connectivity index (χ2n) is 5.93. The standard InChI is InChI=1S/C16H30N2S/c1-2-12-19-13-11-18-16-8-4-3-7-14(16)15-9-5-6-10-17-15/h2,14-18H,1,3-13H2. The molecule has 3 atom stereocenters. The molecule has 2 rings (SSSR count). The first-order chi connectivity index (χ1) is 9.42. The van der Waals surface area contributed by atoms with E-state index in [-0.39, 0.29) is 0 Å². The maximum absolute atomic E-state index is 3.83. The van der Waals surface area contributed by atoms with Crippen LogP contribution in [0.4, 0.5) is 0 Å². The van der Waals surface area contributed by atoms with Gasteiger partial charge >= 0.3 is 0 Å². The molecule has 0 amide bonds. The molecule has 0 radical (unpaired) electrons. The Morgan fingerprint density at radius 2 is 2.00 bits per heavy atom. The van der Waals surface area contributed by atoms with Gasteiger partial charge in [0.25, 0.3) is 0 Å². The van der Waals surface area contributed by atoms with E-state index in [2.05, 4.69) is 17.2 Å². The minimum Gasteiger partial charge on any atom is -0.314 e. The summed E-state index contributed by atoms with van der Waals surface area (Å²) in [5.41, 5.74) is 0. The van der Waals surface area contributed by atoms with Crippen LogP contribution in [-0.2, 0) is 0 Å². The molecule has 0 spiro atoms. The Hall–Kier alpha value is 0.01000. The molecule has 0 bridgehead atoms. The molecule has 3 unspecified atom stereocenters. The summed E-state index contributed by atoms with van der Waals surface area (Å²) in [6.45, 7) is 6.17. The fraction of sp³-hybridized carbons (Fsp3) is 0.875. The SMILES string of the molecule is C=CCSCCNC1CCCCC1C1CCCCN1. The van der Waals surface area contributed by atoms with Gasteiger partial charge in [-0.2, -0.15) is 11.8 Å². The van der Waals surface area contributed by atoms with E-state index < -0.39 is 0 Å². The zero-order valence-electron chi connectivity index (χ0n) is 12.2. The molecule has 2 N–H and O–H groups in total. The van der Waals surface area contributed by atoms with Gasteiger partial charge in [0.05, 0.1) is 0 Å². The summed E-state index contributed by atoms with van der Waals surface area (Å²) in [7, 11) is 0. The van der Waals surface area contributed by atoms with Crippen LogP contribution < -0.4 is 10.6 Å². The molecule has 1 aliphatic carbocycles. The Morgan fingerprint density at radius 3 is 2.79 bits per heavy atom. The second kappa shape index (κ2) is 9.04. The van der Waals surface area contributed by atoms with Gasteiger partial charge in [-0.25, -0.2) is 0 Å². The third-order valence-corrected chi connectivity index (χ3v) is 5.54. The topological polar surface area (TPSA) is 24.1 Å². The van der Waals surface area contributed by atoms with Gasteiger partial charge in [0.1, 0.15) is 0 Å². The number of nitrogens with one attached hydrogen (secondary N) is 2. The molecule has 1 aliphatic heterocycles. The van der Waals surface area contributed by atoms with Crippen molar-refractivity contribution in [3.63, 3.8) is 0 Å². The van der Waals surface area contributed by atoms with Crippen molar-refractivity contribution < 1.29 is 0 Å². The van der Waals surface area contributed by atoms with E-state index in [1.807, 2.05) is 17.8 Å². The van der Waals surface area contributed by atoms with Crippen LogP contribution in [0.1, 0.15) is 44.9 Å². The third-order valence-electron chi connectivity index (χ3n) is 4.57. The van der Waals surface area contributed by atoms with E-state index in [9.17, 15) is 0 Å². The van der Waals surface area contributed by atoms with Crippen molar-refractivity contribution in [3.8, 4) is 0 Å². The van der Waals surface area contributed by atoms with Crippen LogP contribution in [0.2, 0.25) is 0 Å². The molecule has 1 heterocycles. The van der Waals surface area contributed by atoms with Crippen LogP contribution in [0.3, 0.4) is 0 Å². The van der Waals surface area contributed by atoms with Crippen molar-refractivity contribution in [2.75, 3.05) is 24.6 Å². The van der Waals surface area contributed by atoms with E-state index in [0.717, 1.165) is 30.3 Å². The molecule has 0 aromatic heterocycles. The highest BCUT2D eigenvalue weighted by Gasteiger charge is 2.31. The van der Waals surface area contributed by atoms with Crippen LogP contribution in [-0.4, -0.2) is 36.7 Å². The molecule has 110 valence electrons. The highest BCUT2D eigenvalue weighted by molar-refractivity contribution is 7.99. The lowest BCUT2D eigenvalue weighted by molar-refractivity contribution is 0.184. The molecule has 2 fully saturated rings. The Morgan fingerprint density at radius 1 is 1.16 bits per heavy atom. The molecule has 19 heavy (non-hydrogen) atoms. The fourth-order valence-corrected chi connectivity index (χ4v) is 4.22.